The summed E-state index contributed by atoms with van der Waals surface area (Å²) in [5.74, 6) is -0.901. The van der Waals surface area contributed by atoms with Gasteiger partial charge in [-0.2, -0.15) is 0 Å². The van der Waals surface area contributed by atoms with Gasteiger partial charge in [-0.3, -0.25) is 0 Å². The predicted octanol–water partition coefficient (Wildman–Crippen LogP) is 2.07. The van der Waals surface area contributed by atoms with E-state index >= 15 is 0 Å². The summed E-state index contributed by atoms with van der Waals surface area (Å²) in [5.41, 5.74) is 2.90. The molecular formula is C12H12O3. The van der Waals surface area contributed by atoms with Crippen LogP contribution < -0.4 is 0 Å². The quantitative estimate of drug-likeness (QED) is 0.712. The van der Waals surface area contributed by atoms with Gasteiger partial charge in [0.1, 0.15) is 0 Å². The van der Waals surface area contributed by atoms with E-state index in [9.17, 15) is 4.79 Å². The Bertz CT molecular complexity index is 407. The molecule has 0 bridgehead atoms. The van der Waals surface area contributed by atoms with Gasteiger partial charge in [0.05, 0.1) is 13.2 Å². The molecule has 3 heteroatoms. The van der Waals surface area contributed by atoms with Gasteiger partial charge in [-0.05, 0) is 23.1 Å². The number of carbonyl (C=O) groups is 1. The molecule has 0 spiro atoms. The van der Waals surface area contributed by atoms with E-state index in [0.717, 1.165) is 16.7 Å². The highest BCUT2D eigenvalue weighted by atomic mass is 16.5. The number of benzene rings is 1. The molecule has 0 amide bonds. The highest BCUT2D eigenvalue weighted by molar-refractivity contribution is 5.90. The number of hydrogen-bond donors (Lipinski definition) is 1. The molecule has 1 aliphatic rings. The summed E-state index contributed by atoms with van der Waals surface area (Å²) in [5, 5.41) is 8.77. The maximum atomic E-state index is 10.7. The Morgan fingerprint density at radius 2 is 2.20 bits per heavy atom. The van der Waals surface area contributed by atoms with Gasteiger partial charge < -0.3 is 9.84 Å². The first-order valence-corrected chi connectivity index (χ1v) is 4.87. The molecule has 1 aliphatic heterocycles. The van der Waals surface area contributed by atoms with Crippen LogP contribution in [0.2, 0.25) is 0 Å². The lowest BCUT2D eigenvalue weighted by atomic mass is 9.98. The number of ether oxygens (including phenoxy) is 1. The second-order valence-corrected chi connectivity index (χ2v) is 3.47. The van der Waals surface area contributed by atoms with E-state index in [0.29, 0.717) is 19.6 Å². The predicted molar refractivity (Wildman–Crippen MR) is 56.3 cm³/mol. The Kier molecular flexibility index (Phi) is 2.83. The van der Waals surface area contributed by atoms with E-state index in [1.54, 1.807) is 0 Å². The van der Waals surface area contributed by atoms with Crippen molar-refractivity contribution in [3.63, 3.8) is 0 Å². The van der Waals surface area contributed by atoms with Crippen molar-refractivity contribution in [2.24, 2.45) is 0 Å². The van der Waals surface area contributed by atoms with Crippen molar-refractivity contribution in [2.45, 2.75) is 13.0 Å². The molecule has 0 fully saturated rings. The molecule has 0 radical (unpaired) electrons. The zero-order valence-electron chi connectivity index (χ0n) is 8.27. The number of hydrogen-bond acceptors (Lipinski definition) is 2. The van der Waals surface area contributed by atoms with Gasteiger partial charge in [0.25, 0.3) is 0 Å². The summed E-state index contributed by atoms with van der Waals surface area (Å²) in [6.07, 6.45) is 1.93. The molecule has 0 saturated heterocycles. The molecule has 0 unspecified atom stereocenters. The standard InChI is InChI=1S/C12H12O3/c13-12(14)7-9-5-6-15-8-10-3-1-2-4-11(9)10/h1-4,7H,5-6,8H2,(H,13,14)/b9-7-. The zero-order valence-corrected chi connectivity index (χ0v) is 8.27. The van der Waals surface area contributed by atoms with Crippen LogP contribution in [0.4, 0.5) is 0 Å². The molecule has 3 nitrogen and oxygen atoms in total. The Morgan fingerprint density at radius 1 is 1.40 bits per heavy atom. The van der Waals surface area contributed by atoms with Crippen LogP contribution in [-0.2, 0) is 16.1 Å². The monoisotopic (exact) mass is 204 g/mol. The van der Waals surface area contributed by atoms with Crippen LogP contribution in [0.15, 0.2) is 30.3 Å². The molecule has 2 rings (SSSR count). The fraction of sp³-hybridized carbons (Fsp3) is 0.250. The lowest BCUT2D eigenvalue weighted by molar-refractivity contribution is -0.131. The molecule has 0 aliphatic carbocycles. The highest BCUT2D eigenvalue weighted by Gasteiger charge is 2.12. The number of fused-ring (bicyclic) bond motifs is 1. The summed E-state index contributed by atoms with van der Waals surface area (Å²) in [6.45, 7) is 1.14. The second kappa shape index (κ2) is 4.28. The van der Waals surface area contributed by atoms with Crippen LogP contribution in [0, 0.1) is 0 Å². The Morgan fingerprint density at radius 3 is 3.00 bits per heavy atom. The number of aliphatic carboxylic acids is 1. The Hall–Kier alpha value is -1.61. The molecular weight excluding hydrogens is 192 g/mol. The topological polar surface area (TPSA) is 46.5 Å². The number of rotatable bonds is 1. The minimum atomic E-state index is -0.901. The third kappa shape index (κ3) is 2.25. The summed E-state index contributed by atoms with van der Waals surface area (Å²) in [6, 6.07) is 7.76. The van der Waals surface area contributed by atoms with Crippen molar-refractivity contribution < 1.29 is 14.6 Å². The van der Waals surface area contributed by atoms with Crippen molar-refractivity contribution in [1.29, 1.82) is 0 Å². The normalized spacial score (nSPS) is 18.3. The van der Waals surface area contributed by atoms with Crippen LogP contribution in [0.1, 0.15) is 17.5 Å². The van der Waals surface area contributed by atoms with E-state index < -0.39 is 5.97 Å². The molecule has 15 heavy (non-hydrogen) atoms. The smallest absolute Gasteiger partial charge is 0.328 e. The lowest BCUT2D eigenvalue weighted by Gasteiger charge is -2.06. The van der Waals surface area contributed by atoms with Crippen LogP contribution in [-0.4, -0.2) is 17.7 Å². The molecule has 0 atom stereocenters. The van der Waals surface area contributed by atoms with E-state index in [1.807, 2.05) is 24.3 Å². The third-order valence-electron chi connectivity index (χ3n) is 2.43. The van der Waals surface area contributed by atoms with Crippen LogP contribution >= 0.6 is 0 Å². The van der Waals surface area contributed by atoms with Gasteiger partial charge in [0.2, 0.25) is 0 Å². The first-order valence-electron chi connectivity index (χ1n) is 4.87. The van der Waals surface area contributed by atoms with Gasteiger partial charge in [-0.1, -0.05) is 24.3 Å². The maximum absolute atomic E-state index is 10.7. The van der Waals surface area contributed by atoms with Crippen molar-refractivity contribution in [3.8, 4) is 0 Å². The number of carboxylic acids is 1. The van der Waals surface area contributed by atoms with Gasteiger partial charge in [-0.25, -0.2) is 4.79 Å². The molecule has 0 saturated carbocycles. The van der Waals surface area contributed by atoms with E-state index in [2.05, 4.69) is 0 Å². The Labute approximate surface area is 88.0 Å². The molecule has 78 valence electrons. The maximum Gasteiger partial charge on any atom is 0.328 e. The van der Waals surface area contributed by atoms with Crippen molar-refractivity contribution >= 4 is 11.5 Å². The SMILES string of the molecule is O=C(O)/C=C1/CCOCc2ccccc21. The summed E-state index contributed by atoms with van der Waals surface area (Å²) in [4.78, 5) is 10.7. The van der Waals surface area contributed by atoms with Crippen molar-refractivity contribution in [2.75, 3.05) is 6.61 Å². The van der Waals surface area contributed by atoms with Crippen molar-refractivity contribution in [1.82, 2.24) is 0 Å². The molecule has 1 N–H and O–H groups in total. The fourth-order valence-electron chi connectivity index (χ4n) is 1.76. The van der Waals surface area contributed by atoms with Gasteiger partial charge >= 0.3 is 5.97 Å². The summed E-state index contributed by atoms with van der Waals surface area (Å²) in [7, 11) is 0. The first-order chi connectivity index (χ1) is 7.27. The second-order valence-electron chi connectivity index (χ2n) is 3.47. The van der Waals surface area contributed by atoms with Gasteiger partial charge in [0, 0.05) is 6.08 Å². The van der Waals surface area contributed by atoms with Gasteiger partial charge in [-0.15, -0.1) is 0 Å². The molecule has 1 heterocycles. The molecule has 1 aromatic carbocycles. The fourth-order valence-corrected chi connectivity index (χ4v) is 1.76. The molecule has 1 aromatic rings. The largest absolute Gasteiger partial charge is 0.478 e. The average molecular weight is 204 g/mol. The minimum absolute atomic E-state index is 0.563. The molecule has 0 aromatic heterocycles. The summed E-state index contributed by atoms with van der Waals surface area (Å²) >= 11 is 0. The third-order valence-corrected chi connectivity index (χ3v) is 2.43. The summed E-state index contributed by atoms with van der Waals surface area (Å²) < 4.78 is 5.40. The first kappa shape index (κ1) is 9.93. The minimum Gasteiger partial charge on any atom is -0.478 e. The van der Waals surface area contributed by atoms with E-state index in [-0.39, 0.29) is 0 Å². The average Bonchev–Trinajstić information content (AvgIpc) is 2.41. The van der Waals surface area contributed by atoms with Gasteiger partial charge in [0.15, 0.2) is 0 Å². The van der Waals surface area contributed by atoms with Crippen LogP contribution in [0.3, 0.4) is 0 Å². The van der Waals surface area contributed by atoms with Crippen molar-refractivity contribution in [3.05, 3.63) is 41.5 Å². The highest BCUT2D eigenvalue weighted by Crippen LogP contribution is 2.25. The van der Waals surface area contributed by atoms with Crippen LogP contribution in [0.5, 0.6) is 0 Å². The van der Waals surface area contributed by atoms with E-state index in [1.165, 1.54) is 6.08 Å². The Balaban J connectivity index is 2.46. The van der Waals surface area contributed by atoms with Crippen LogP contribution in [0.25, 0.3) is 5.57 Å². The lowest BCUT2D eigenvalue weighted by Crippen LogP contribution is -1.94. The number of carboxylic acid groups (broad SMARTS) is 1. The zero-order chi connectivity index (χ0) is 10.7. The van der Waals surface area contributed by atoms with E-state index in [4.69, 9.17) is 9.84 Å².